The summed E-state index contributed by atoms with van der Waals surface area (Å²) >= 11 is 39.8. The van der Waals surface area contributed by atoms with Gasteiger partial charge in [0.1, 0.15) is 0 Å². The predicted molar refractivity (Wildman–Crippen MR) is 203 cm³/mol. The minimum atomic E-state index is -0.111. The van der Waals surface area contributed by atoms with E-state index in [1.807, 2.05) is 0 Å². The van der Waals surface area contributed by atoms with E-state index in [2.05, 4.69) is 75.0 Å². The largest absolute Gasteiger partial charge is 0.800 e. The molecule has 0 fully saturated rings. The van der Waals surface area contributed by atoms with Crippen molar-refractivity contribution in [3.05, 3.63) is 0 Å². The summed E-state index contributed by atoms with van der Waals surface area (Å²) in [4.78, 5) is 8.63. The molecule has 0 bridgehead atoms. The van der Waals surface area contributed by atoms with Crippen LogP contribution in [0, 0.1) is 0 Å². The van der Waals surface area contributed by atoms with Crippen LogP contribution >= 0.6 is 0 Å². The zero-order valence-electron chi connectivity index (χ0n) is 28.1. The van der Waals surface area contributed by atoms with Crippen LogP contribution < -0.4 is 0 Å². The molecule has 0 aliphatic heterocycles. The zero-order valence-corrected chi connectivity index (χ0v) is 42.7. The van der Waals surface area contributed by atoms with Gasteiger partial charge in [-0.3, -0.25) is 0 Å². The van der Waals surface area contributed by atoms with Crippen molar-refractivity contribution >= 4 is 101 Å². The van der Waals surface area contributed by atoms with Crippen molar-refractivity contribution in [1.29, 1.82) is 0 Å². The summed E-state index contributed by atoms with van der Waals surface area (Å²) < 4.78 is -0.445. The molecule has 0 saturated heterocycles. The molecule has 14 heteroatoms. The maximum atomic E-state index is 4.97. The Balaban J connectivity index is -0.000000101. The molecule has 0 saturated carbocycles. The summed E-state index contributed by atoms with van der Waals surface area (Å²) in [6.07, 6.45) is 9.14. The first-order chi connectivity index (χ1) is 18.9. The molecule has 0 aliphatic rings. The van der Waals surface area contributed by atoms with Crippen molar-refractivity contribution in [1.82, 2.24) is 19.6 Å². The van der Waals surface area contributed by atoms with Crippen molar-refractivity contribution in [2.75, 3.05) is 52.4 Å². The molecule has 0 unspecified atom stereocenters. The summed E-state index contributed by atoms with van der Waals surface area (Å²) in [5, 5.41) is 0. The molecule has 0 spiro atoms. The molecular weight excluding hydrogens is 874 g/mol. The molecule has 4 nitrogen and oxygen atoms in total. The van der Waals surface area contributed by atoms with E-state index < -0.39 is 0 Å². The fourth-order valence-electron chi connectivity index (χ4n) is 3.59. The molecule has 252 valence electrons. The molecule has 0 aromatic carbocycles. The van der Waals surface area contributed by atoms with Crippen LogP contribution in [-0.4, -0.2) is 90.8 Å². The van der Waals surface area contributed by atoms with E-state index in [-0.39, 0.29) is 73.4 Å². The summed E-state index contributed by atoms with van der Waals surface area (Å²) in [5.41, 5.74) is 0. The van der Waals surface area contributed by atoms with Gasteiger partial charge in [0, 0.05) is 54.6 Å². The smallest absolute Gasteiger partial charge is 0 e. The Morgan fingerprint density at radius 3 is 0.429 bits per heavy atom. The Bertz CT molecular complexity index is 372. The summed E-state index contributed by atoms with van der Waals surface area (Å²) in [7, 11) is 0. The zero-order chi connectivity index (χ0) is 31.9. The average Bonchev–Trinajstić information content (AvgIpc) is 2.89. The van der Waals surface area contributed by atoms with E-state index >= 15 is 0 Å². The quantitative estimate of drug-likeness (QED) is 0.106. The Hall–Kier alpha value is 4.48. The second kappa shape index (κ2) is 45.5. The van der Waals surface area contributed by atoms with Crippen molar-refractivity contribution in [2.45, 2.75) is 126 Å². The van der Waals surface area contributed by atoms with Crippen LogP contribution in [0.4, 0.5) is 0 Å². The fraction of sp³-hybridized carbons (Fsp3) is 1.00. The van der Waals surface area contributed by atoms with Gasteiger partial charge < -0.3 is 121 Å². The van der Waals surface area contributed by atoms with Crippen LogP contribution in [0.15, 0.2) is 0 Å². The van der Waals surface area contributed by atoms with Crippen molar-refractivity contribution < 1.29 is 54.6 Å². The van der Waals surface area contributed by atoms with Gasteiger partial charge in [-0.2, -0.15) is 0 Å². The van der Waals surface area contributed by atoms with Crippen LogP contribution in [0.3, 0.4) is 0 Å². The molecule has 0 heterocycles. The topological polar surface area (TPSA) is 13.0 Å². The minimum Gasteiger partial charge on any atom is -0.800 e. The monoisotopic (exact) mass is 936 g/mol. The fourth-order valence-corrected chi connectivity index (χ4v) is 5.27. The molecule has 0 atom stereocenters. The van der Waals surface area contributed by atoms with Gasteiger partial charge in [-0.05, 0) is 104 Å². The molecule has 0 aliphatic carbocycles. The summed E-state index contributed by atoms with van der Waals surface area (Å²) in [6, 6.07) is 0. The van der Waals surface area contributed by atoms with Gasteiger partial charge in [0.25, 0.3) is 0 Å². The van der Waals surface area contributed by atoms with Crippen LogP contribution in [0.2, 0.25) is 0 Å². The van der Waals surface area contributed by atoms with E-state index in [1.165, 1.54) is 0 Å². The van der Waals surface area contributed by atoms with Gasteiger partial charge in [-0.15, -0.1) is 0 Å². The second-order valence-electron chi connectivity index (χ2n) is 9.37. The molecule has 0 amide bonds. The first-order valence-electron chi connectivity index (χ1n) is 15.1. The number of nitrogens with zero attached hydrogens (tertiary/aromatic N) is 4. The van der Waals surface area contributed by atoms with Gasteiger partial charge in [0.15, 0.2) is 0 Å². The number of hydrogen-bond donors (Lipinski definition) is 0. The van der Waals surface area contributed by atoms with Crippen molar-refractivity contribution in [2.24, 2.45) is 0 Å². The third kappa shape index (κ3) is 42.5. The van der Waals surface area contributed by atoms with Gasteiger partial charge in [0.2, 0.25) is 0 Å². The molecule has 0 aromatic heterocycles. The number of rotatable bonds is 20. The molecule has 42 heavy (non-hydrogen) atoms. The van der Waals surface area contributed by atoms with Gasteiger partial charge in [-0.1, -0.05) is 55.4 Å². The predicted octanol–water partition coefficient (Wildman–Crippen LogP) is 5.94. The third-order valence-electron chi connectivity index (χ3n) is 5.28. The van der Waals surface area contributed by atoms with Crippen LogP contribution in [0.1, 0.15) is 107 Å². The van der Waals surface area contributed by atoms with Crippen LogP contribution in [0.5, 0.6) is 0 Å². The average molecular weight is 934 g/mol. The van der Waals surface area contributed by atoms with Gasteiger partial charge >= 0.3 is 0 Å². The van der Waals surface area contributed by atoms with Crippen LogP contribution in [-0.2, 0) is 156 Å². The van der Waals surface area contributed by atoms with Crippen LogP contribution in [0.25, 0.3) is 0 Å². The molecule has 0 aromatic rings. The van der Waals surface area contributed by atoms with Gasteiger partial charge in [0.05, 0.1) is 0 Å². The maximum Gasteiger partial charge on any atom is 0 e. The SMILES string of the molecule is CCCN(CCC)C([S-])[S-].CCCN(CCC)C([S-])[S-].CCCN(CCC)C([S-])[S-].CCCN(CCC)C([S-])[S-].[Cd].[Cd]. The Labute approximate surface area is 348 Å². The third-order valence-corrected chi connectivity index (χ3v) is 7.66. The van der Waals surface area contributed by atoms with Gasteiger partial charge in [-0.25, -0.2) is 18.8 Å². The summed E-state index contributed by atoms with van der Waals surface area (Å²) in [6.45, 7) is 25.6. The minimum absolute atomic E-state index is 0. The molecular formula is C28H60Cd2N4S8-8. The van der Waals surface area contributed by atoms with E-state index in [4.69, 9.17) is 101 Å². The normalized spacial score (nSPS) is 10.9. The van der Waals surface area contributed by atoms with Crippen molar-refractivity contribution in [3.63, 3.8) is 0 Å². The molecule has 0 N–H and O–H groups in total. The molecule has 0 rings (SSSR count). The number of hydrogen-bond acceptors (Lipinski definition) is 12. The Kier molecular flexibility index (Phi) is 63.5. The summed E-state index contributed by atoms with van der Waals surface area (Å²) in [5.74, 6) is 0. The van der Waals surface area contributed by atoms with E-state index in [9.17, 15) is 0 Å². The first-order valence-corrected chi connectivity index (χ1v) is 18.9. The maximum absolute atomic E-state index is 4.97. The van der Waals surface area contributed by atoms with E-state index in [0.717, 1.165) is 104 Å². The second-order valence-corrected chi connectivity index (χ2v) is 14.1. The van der Waals surface area contributed by atoms with E-state index in [0.29, 0.717) is 0 Å². The Morgan fingerprint density at radius 2 is 0.381 bits per heavy atom. The Morgan fingerprint density at radius 1 is 0.286 bits per heavy atom. The van der Waals surface area contributed by atoms with Crippen molar-refractivity contribution in [3.8, 4) is 0 Å². The van der Waals surface area contributed by atoms with E-state index in [1.54, 1.807) is 0 Å². The standard InChI is InChI=1S/4C7H17NS2.2Cd/c4*1-3-5-8(6-4-2)7(9)10;;/h4*7,9-10H,3-6H2,1-2H3;;/p-8. The first kappa shape index (κ1) is 58.7. The molecule has 0 radical (unpaired) electrons.